The average molecular weight is 362 g/mol. The van der Waals surface area contributed by atoms with Gasteiger partial charge in [0.1, 0.15) is 5.82 Å². The van der Waals surface area contributed by atoms with Crippen LogP contribution in [0.4, 0.5) is 9.18 Å². The van der Waals surface area contributed by atoms with Gasteiger partial charge in [0.15, 0.2) is 0 Å². The van der Waals surface area contributed by atoms with E-state index >= 15 is 0 Å². The van der Waals surface area contributed by atoms with Crippen LogP contribution >= 0.6 is 0 Å². The van der Waals surface area contributed by atoms with Crippen molar-refractivity contribution in [3.63, 3.8) is 0 Å². The van der Waals surface area contributed by atoms with Crippen molar-refractivity contribution in [2.45, 2.75) is 38.3 Å². The topological polar surface area (TPSA) is 23.6 Å². The summed E-state index contributed by atoms with van der Waals surface area (Å²) in [6.45, 7) is 2.17. The first-order valence-corrected chi connectivity index (χ1v) is 9.46. The summed E-state index contributed by atoms with van der Waals surface area (Å²) >= 11 is 0. The van der Waals surface area contributed by atoms with E-state index in [4.69, 9.17) is 0 Å². The normalized spacial score (nSPS) is 32.0. The lowest BCUT2D eigenvalue weighted by molar-refractivity contribution is 0.181. The van der Waals surface area contributed by atoms with Crippen LogP contribution in [0.15, 0.2) is 59.8 Å². The van der Waals surface area contributed by atoms with E-state index in [1.54, 1.807) is 12.1 Å². The summed E-state index contributed by atoms with van der Waals surface area (Å²) in [5, 5.41) is 0. The van der Waals surface area contributed by atoms with Gasteiger partial charge in [-0.2, -0.15) is 0 Å². The molecule has 1 aromatic rings. The number of carbonyl (C=O) groups excluding carboxylic acids is 1. The van der Waals surface area contributed by atoms with Crippen molar-refractivity contribution in [1.29, 1.82) is 0 Å². The van der Waals surface area contributed by atoms with Crippen LogP contribution in [0.3, 0.4) is 0 Å². The largest absolute Gasteiger partial charge is 0.324 e. The summed E-state index contributed by atoms with van der Waals surface area (Å²) in [6.07, 6.45) is 11.2. The van der Waals surface area contributed by atoms with Crippen molar-refractivity contribution in [3.8, 4) is 11.8 Å². The van der Waals surface area contributed by atoms with Gasteiger partial charge in [-0.25, -0.2) is 9.18 Å². The van der Waals surface area contributed by atoms with Gasteiger partial charge in [-0.3, -0.25) is 4.90 Å². The first-order valence-electron chi connectivity index (χ1n) is 9.46. The molecule has 2 amide bonds. The summed E-state index contributed by atoms with van der Waals surface area (Å²) in [7, 11) is 1.91. The molecule has 2 fully saturated rings. The first kappa shape index (κ1) is 17.6. The average Bonchev–Trinajstić information content (AvgIpc) is 2.78. The van der Waals surface area contributed by atoms with Crippen molar-refractivity contribution >= 4 is 6.03 Å². The van der Waals surface area contributed by atoms with Gasteiger partial charge in [-0.15, -0.1) is 0 Å². The highest BCUT2D eigenvalue weighted by atomic mass is 19.1. The highest BCUT2D eigenvalue weighted by Crippen LogP contribution is 2.41. The molecule has 3 atom stereocenters. The molecule has 0 radical (unpaired) electrons. The Labute approximate surface area is 159 Å². The summed E-state index contributed by atoms with van der Waals surface area (Å²) < 4.78 is 13.0. The lowest BCUT2D eigenvalue weighted by Crippen LogP contribution is -2.45. The standard InChI is InChI=1S/C23H23FN2O/c1-16-4-3-5-17(6-7-18-8-11-19(24)12-9-18)10-13-20(16)26-22-15-14-21(22)25(2)23(26)27/h3,5,8-13,16,21-22H,4,14-15H2,1-2H3/b5-3+,17-10+,20-13+/t16?,21-,22+/m0/s1. The molecule has 0 spiro atoms. The van der Waals surface area contributed by atoms with E-state index in [9.17, 15) is 9.18 Å². The molecular formula is C23H23FN2O. The van der Waals surface area contributed by atoms with E-state index in [-0.39, 0.29) is 17.8 Å². The zero-order chi connectivity index (χ0) is 19.0. The number of carbonyl (C=O) groups is 1. The minimum absolute atomic E-state index is 0.109. The smallest absolute Gasteiger partial charge is 0.322 e. The van der Waals surface area contributed by atoms with Crippen LogP contribution in [0.25, 0.3) is 0 Å². The van der Waals surface area contributed by atoms with E-state index in [0.717, 1.165) is 36.1 Å². The Kier molecular flexibility index (Phi) is 4.61. The molecule has 27 heavy (non-hydrogen) atoms. The fourth-order valence-corrected chi connectivity index (χ4v) is 3.97. The molecule has 2 aliphatic carbocycles. The molecule has 1 heterocycles. The molecule has 1 saturated heterocycles. The van der Waals surface area contributed by atoms with Crippen molar-refractivity contribution in [3.05, 3.63) is 71.2 Å². The predicted octanol–water partition coefficient (Wildman–Crippen LogP) is 4.48. The Morgan fingerprint density at radius 1 is 1.07 bits per heavy atom. The van der Waals surface area contributed by atoms with Crippen molar-refractivity contribution in [2.75, 3.05) is 7.05 Å². The van der Waals surface area contributed by atoms with Gasteiger partial charge in [-0.1, -0.05) is 30.9 Å². The van der Waals surface area contributed by atoms with Crippen LogP contribution in [0.2, 0.25) is 0 Å². The number of fused-ring (bicyclic) bond motifs is 1. The highest BCUT2D eigenvalue weighted by Gasteiger charge is 2.50. The van der Waals surface area contributed by atoms with Gasteiger partial charge in [0, 0.05) is 29.8 Å². The number of likely N-dealkylation sites (N-methyl/N-ethyl adjacent to an activating group) is 1. The van der Waals surface area contributed by atoms with Gasteiger partial charge in [0.2, 0.25) is 0 Å². The first-order chi connectivity index (χ1) is 13.0. The number of urea groups is 1. The molecule has 4 rings (SSSR count). The summed E-state index contributed by atoms with van der Waals surface area (Å²) in [6, 6.07) is 6.95. The maximum absolute atomic E-state index is 13.0. The van der Waals surface area contributed by atoms with Crippen LogP contribution in [0.5, 0.6) is 0 Å². The highest BCUT2D eigenvalue weighted by molar-refractivity contribution is 5.80. The second-order valence-electron chi connectivity index (χ2n) is 7.49. The van der Waals surface area contributed by atoms with Crippen molar-refractivity contribution in [2.24, 2.45) is 5.92 Å². The maximum atomic E-state index is 13.0. The Balaban J connectivity index is 1.62. The van der Waals surface area contributed by atoms with Crippen molar-refractivity contribution < 1.29 is 9.18 Å². The van der Waals surface area contributed by atoms with Crippen LogP contribution in [-0.4, -0.2) is 35.0 Å². The van der Waals surface area contributed by atoms with E-state index in [2.05, 4.69) is 30.9 Å². The Morgan fingerprint density at radius 3 is 2.48 bits per heavy atom. The number of allylic oxidation sites excluding steroid dienone is 6. The fourth-order valence-electron chi connectivity index (χ4n) is 3.97. The minimum atomic E-state index is -0.262. The van der Waals surface area contributed by atoms with E-state index in [1.807, 2.05) is 29.0 Å². The van der Waals surface area contributed by atoms with Crippen LogP contribution in [0.1, 0.15) is 31.7 Å². The summed E-state index contributed by atoms with van der Waals surface area (Å²) in [5.74, 6) is 6.24. The third kappa shape index (κ3) is 3.30. The third-order valence-electron chi connectivity index (χ3n) is 5.74. The molecule has 1 unspecified atom stereocenters. The lowest BCUT2D eigenvalue weighted by Gasteiger charge is -2.37. The van der Waals surface area contributed by atoms with E-state index < -0.39 is 0 Å². The quantitative estimate of drug-likeness (QED) is 0.676. The zero-order valence-electron chi connectivity index (χ0n) is 15.7. The zero-order valence-corrected chi connectivity index (χ0v) is 15.7. The fraction of sp³-hybridized carbons (Fsp3) is 0.348. The van der Waals surface area contributed by atoms with Gasteiger partial charge >= 0.3 is 6.03 Å². The molecule has 138 valence electrons. The van der Waals surface area contributed by atoms with Crippen LogP contribution in [-0.2, 0) is 0 Å². The summed E-state index contributed by atoms with van der Waals surface area (Å²) in [4.78, 5) is 16.6. The molecule has 0 aromatic heterocycles. The van der Waals surface area contributed by atoms with Crippen LogP contribution < -0.4 is 0 Å². The van der Waals surface area contributed by atoms with Gasteiger partial charge in [0.25, 0.3) is 0 Å². The number of rotatable bonds is 1. The number of amides is 2. The molecule has 3 aliphatic rings. The molecule has 3 nitrogen and oxygen atoms in total. The van der Waals surface area contributed by atoms with Crippen LogP contribution in [0, 0.1) is 23.6 Å². The summed E-state index contributed by atoms with van der Waals surface area (Å²) in [5.41, 5.74) is 2.73. The Hall–Kier alpha value is -2.80. The molecule has 0 N–H and O–H groups in total. The molecule has 1 saturated carbocycles. The minimum Gasteiger partial charge on any atom is -0.322 e. The molecule has 1 aromatic carbocycles. The number of halogens is 1. The molecule has 1 aliphatic heterocycles. The van der Waals surface area contributed by atoms with Gasteiger partial charge < -0.3 is 4.90 Å². The van der Waals surface area contributed by atoms with Crippen molar-refractivity contribution in [1.82, 2.24) is 9.80 Å². The molecular weight excluding hydrogens is 339 g/mol. The SMILES string of the molecule is CC1C/C=C/C(C#Cc2ccc(F)cc2)=C\C=C/1N1C(=O)N(C)[C@H]2CC[C@H]21. The predicted molar refractivity (Wildman–Crippen MR) is 104 cm³/mol. The second-order valence-corrected chi connectivity index (χ2v) is 7.49. The Morgan fingerprint density at radius 2 is 1.81 bits per heavy atom. The maximum Gasteiger partial charge on any atom is 0.324 e. The lowest BCUT2D eigenvalue weighted by atomic mass is 9.85. The van der Waals surface area contributed by atoms with E-state index in [1.165, 1.54) is 12.1 Å². The Bertz CT molecular complexity index is 901. The molecule has 0 bridgehead atoms. The third-order valence-corrected chi connectivity index (χ3v) is 5.74. The molecule has 4 heteroatoms. The number of hydrogen-bond acceptors (Lipinski definition) is 1. The van der Waals surface area contributed by atoms with Gasteiger partial charge in [-0.05, 0) is 55.7 Å². The monoisotopic (exact) mass is 362 g/mol. The van der Waals surface area contributed by atoms with E-state index in [0.29, 0.717) is 12.1 Å². The van der Waals surface area contributed by atoms with Gasteiger partial charge in [0.05, 0.1) is 12.1 Å². The number of hydrogen-bond donors (Lipinski definition) is 0. The number of benzene rings is 1. The number of nitrogens with zero attached hydrogens (tertiary/aromatic N) is 2. The second kappa shape index (κ2) is 7.08.